The molecule has 86 valence electrons. The Labute approximate surface area is 96.9 Å². The smallest absolute Gasteiger partial charge is 0.0795 e. The summed E-state index contributed by atoms with van der Waals surface area (Å²) in [6.45, 7) is 4.71. The van der Waals surface area contributed by atoms with Gasteiger partial charge in [-0.15, -0.1) is 5.73 Å². The highest BCUT2D eigenvalue weighted by molar-refractivity contribution is 5.13. The number of hydrogen-bond acceptors (Lipinski definition) is 2. The number of aliphatic hydroxyl groups is 1. The summed E-state index contributed by atoms with van der Waals surface area (Å²) in [6.07, 6.45) is 2.65. The van der Waals surface area contributed by atoms with Crippen molar-refractivity contribution in [3.05, 3.63) is 54.3 Å². The van der Waals surface area contributed by atoms with Crippen LogP contribution in [0.3, 0.4) is 0 Å². The van der Waals surface area contributed by atoms with Gasteiger partial charge in [0.15, 0.2) is 0 Å². The van der Waals surface area contributed by atoms with E-state index in [0.717, 1.165) is 6.42 Å². The summed E-state index contributed by atoms with van der Waals surface area (Å²) < 4.78 is 5.49. The minimum absolute atomic E-state index is 0.446. The van der Waals surface area contributed by atoms with Crippen LogP contribution >= 0.6 is 0 Å². The molecule has 0 aliphatic rings. The van der Waals surface area contributed by atoms with Crippen LogP contribution in [0.4, 0.5) is 0 Å². The molecule has 1 rings (SSSR count). The van der Waals surface area contributed by atoms with Gasteiger partial charge in [0, 0.05) is 6.61 Å². The summed E-state index contributed by atoms with van der Waals surface area (Å²) in [6, 6.07) is 10.1. The number of rotatable bonds is 7. The van der Waals surface area contributed by atoms with Gasteiger partial charge in [-0.1, -0.05) is 36.9 Å². The van der Waals surface area contributed by atoms with E-state index in [1.807, 2.05) is 30.3 Å². The lowest BCUT2D eigenvalue weighted by molar-refractivity contribution is 0.106. The summed E-state index contributed by atoms with van der Waals surface area (Å²) in [5, 5.41) is 9.35. The van der Waals surface area contributed by atoms with Crippen LogP contribution in [0.25, 0.3) is 0 Å². The summed E-state index contributed by atoms with van der Waals surface area (Å²) in [4.78, 5) is 0. The summed E-state index contributed by atoms with van der Waals surface area (Å²) >= 11 is 0. The lowest BCUT2D eigenvalue weighted by atomic mass is 10.2. The Kier molecular flexibility index (Phi) is 6.28. The van der Waals surface area contributed by atoms with Crippen molar-refractivity contribution in [2.75, 3.05) is 6.61 Å². The second-order valence-corrected chi connectivity index (χ2v) is 3.62. The Morgan fingerprint density at radius 2 is 2.12 bits per heavy atom. The van der Waals surface area contributed by atoms with Crippen molar-refractivity contribution in [3.63, 3.8) is 0 Å². The van der Waals surface area contributed by atoms with Gasteiger partial charge in [-0.3, -0.25) is 0 Å². The lowest BCUT2D eigenvalue weighted by Gasteiger charge is -2.06. The molecule has 0 aliphatic carbocycles. The predicted molar refractivity (Wildman–Crippen MR) is 65.0 cm³/mol. The van der Waals surface area contributed by atoms with E-state index in [-0.39, 0.29) is 0 Å². The Morgan fingerprint density at radius 1 is 1.38 bits per heavy atom. The molecule has 2 nitrogen and oxygen atoms in total. The van der Waals surface area contributed by atoms with Crippen molar-refractivity contribution in [1.82, 2.24) is 0 Å². The Bertz CT molecular complexity index is 326. The molecule has 16 heavy (non-hydrogen) atoms. The summed E-state index contributed by atoms with van der Waals surface area (Å²) in [5.74, 6) is 0. The number of benzene rings is 1. The van der Waals surface area contributed by atoms with Gasteiger partial charge in [-0.2, -0.15) is 0 Å². The van der Waals surface area contributed by atoms with Gasteiger partial charge in [0.1, 0.15) is 0 Å². The van der Waals surface area contributed by atoms with E-state index in [9.17, 15) is 5.11 Å². The van der Waals surface area contributed by atoms with E-state index < -0.39 is 6.10 Å². The lowest BCUT2D eigenvalue weighted by Crippen LogP contribution is -2.04. The van der Waals surface area contributed by atoms with Crippen molar-refractivity contribution >= 4 is 0 Å². The van der Waals surface area contributed by atoms with Crippen molar-refractivity contribution in [3.8, 4) is 0 Å². The van der Waals surface area contributed by atoms with Crippen LogP contribution in [0.2, 0.25) is 0 Å². The van der Waals surface area contributed by atoms with E-state index in [0.29, 0.717) is 19.6 Å². The minimum Gasteiger partial charge on any atom is -0.388 e. The van der Waals surface area contributed by atoms with Crippen LogP contribution in [-0.4, -0.2) is 17.8 Å². The molecule has 1 atom stereocenters. The molecule has 0 fully saturated rings. The second-order valence-electron chi connectivity index (χ2n) is 3.62. The van der Waals surface area contributed by atoms with Crippen LogP contribution in [-0.2, 0) is 11.3 Å². The topological polar surface area (TPSA) is 29.5 Å². The molecule has 0 aliphatic heterocycles. The van der Waals surface area contributed by atoms with Crippen LogP contribution < -0.4 is 0 Å². The average molecular weight is 218 g/mol. The average Bonchev–Trinajstić information content (AvgIpc) is 2.30. The first-order valence-corrected chi connectivity index (χ1v) is 5.48. The van der Waals surface area contributed by atoms with Gasteiger partial charge >= 0.3 is 0 Å². The first kappa shape index (κ1) is 12.7. The molecule has 0 bridgehead atoms. The van der Waals surface area contributed by atoms with Crippen molar-refractivity contribution in [1.29, 1.82) is 0 Å². The molecule has 1 N–H and O–H groups in total. The summed E-state index contributed by atoms with van der Waals surface area (Å²) in [7, 11) is 0. The third kappa shape index (κ3) is 5.52. The number of ether oxygens (including phenoxy) is 1. The highest BCUT2D eigenvalue weighted by Crippen LogP contribution is 2.03. The standard InChI is InChI=1S/C14H18O2/c1-2-7-14(15)10-6-11-16-12-13-8-4-3-5-9-13/h3-5,7-9,14-15H,1,6,10-12H2/t14-/m1/s1. The first-order valence-electron chi connectivity index (χ1n) is 5.48. The quantitative estimate of drug-likeness (QED) is 0.563. The molecule has 0 saturated carbocycles. The zero-order valence-electron chi connectivity index (χ0n) is 9.43. The van der Waals surface area contributed by atoms with Crippen LogP contribution in [0, 0.1) is 0 Å². The molecule has 2 heteroatoms. The monoisotopic (exact) mass is 218 g/mol. The van der Waals surface area contributed by atoms with Gasteiger partial charge < -0.3 is 9.84 Å². The van der Waals surface area contributed by atoms with E-state index in [4.69, 9.17) is 4.74 Å². The maximum absolute atomic E-state index is 9.35. The van der Waals surface area contributed by atoms with E-state index in [1.165, 1.54) is 5.56 Å². The van der Waals surface area contributed by atoms with Crippen LogP contribution in [0.1, 0.15) is 18.4 Å². The second kappa shape index (κ2) is 7.89. The Hall–Kier alpha value is -1.34. The van der Waals surface area contributed by atoms with Gasteiger partial charge in [-0.25, -0.2) is 0 Å². The summed E-state index contributed by atoms with van der Waals surface area (Å²) in [5.41, 5.74) is 3.74. The minimum atomic E-state index is -0.446. The van der Waals surface area contributed by atoms with Crippen LogP contribution in [0.5, 0.6) is 0 Å². The molecular formula is C14H18O2. The highest BCUT2D eigenvalue weighted by Gasteiger charge is 1.98. The number of hydrogen-bond donors (Lipinski definition) is 1. The molecule has 1 aromatic rings. The van der Waals surface area contributed by atoms with E-state index >= 15 is 0 Å². The fourth-order valence-corrected chi connectivity index (χ4v) is 1.38. The number of aliphatic hydroxyl groups excluding tert-OH is 1. The van der Waals surface area contributed by atoms with Gasteiger partial charge in [0.25, 0.3) is 0 Å². The molecule has 0 saturated heterocycles. The molecule has 0 spiro atoms. The first-order chi connectivity index (χ1) is 7.83. The van der Waals surface area contributed by atoms with Crippen molar-refractivity contribution < 1.29 is 9.84 Å². The predicted octanol–water partition coefficient (Wildman–Crippen LogP) is 2.69. The maximum Gasteiger partial charge on any atom is 0.0795 e. The van der Waals surface area contributed by atoms with Gasteiger partial charge in [0.05, 0.1) is 12.7 Å². The maximum atomic E-state index is 9.35. The molecular weight excluding hydrogens is 200 g/mol. The highest BCUT2D eigenvalue weighted by atomic mass is 16.5. The molecule has 0 unspecified atom stereocenters. The Balaban J connectivity index is 2.06. The molecule has 0 heterocycles. The third-order valence-electron chi connectivity index (χ3n) is 2.21. The van der Waals surface area contributed by atoms with Crippen LogP contribution in [0.15, 0.2) is 48.7 Å². The van der Waals surface area contributed by atoms with Gasteiger partial charge in [-0.05, 0) is 24.5 Å². The normalized spacial score (nSPS) is 11.8. The zero-order chi connectivity index (χ0) is 11.6. The van der Waals surface area contributed by atoms with E-state index in [1.54, 1.807) is 6.08 Å². The molecule has 0 radical (unpaired) electrons. The largest absolute Gasteiger partial charge is 0.388 e. The fraction of sp³-hybridized carbons (Fsp3) is 0.357. The van der Waals surface area contributed by atoms with Gasteiger partial charge in [0.2, 0.25) is 0 Å². The molecule has 0 aromatic heterocycles. The van der Waals surface area contributed by atoms with E-state index in [2.05, 4.69) is 12.3 Å². The third-order valence-corrected chi connectivity index (χ3v) is 2.21. The zero-order valence-corrected chi connectivity index (χ0v) is 9.43. The molecule has 1 aromatic carbocycles. The SMILES string of the molecule is C=C=C[C@@H](O)CCCOCc1ccccc1. The fourth-order valence-electron chi connectivity index (χ4n) is 1.38. The Morgan fingerprint density at radius 3 is 2.81 bits per heavy atom. The van der Waals surface area contributed by atoms with Crippen molar-refractivity contribution in [2.45, 2.75) is 25.6 Å². The molecule has 0 amide bonds. The van der Waals surface area contributed by atoms with Crippen molar-refractivity contribution in [2.24, 2.45) is 0 Å².